The molecule has 2 heterocycles. The first-order valence-corrected chi connectivity index (χ1v) is 6.91. The van der Waals surface area contributed by atoms with Gasteiger partial charge in [0.25, 0.3) is 0 Å². The van der Waals surface area contributed by atoms with Crippen LogP contribution in [-0.2, 0) is 6.42 Å². The van der Waals surface area contributed by atoms with Crippen molar-refractivity contribution >= 4 is 29.9 Å². The average Bonchev–Trinajstić information content (AvgIpc) is 2.86. The number of hydrogen-bond donors (Lipinski definition) is 2. The summed E-state index contributed by atoms with van der Waals surface area (Å²) in [5.74, 6) is 0.898. The van der Waals surface area contributed by atoms with Crippen molar-refractivity contribution in [3.05, 3.63) is 30.1 Å². The van der Waals surface area contributed by atoms with Crippen molar-refractivity contribution in [2.45, 2.75) is 25.9 Å². The van der Waals surface area contributed by atoms with Crippen molar-refractivity contribution in [3.8, 4) is 0 Å². The highest BCUT2D eigenvalue weighted by atomic mass is 127. The molecule has 0 saturated carbocycles. The Morgan fingerprint density at radius 1 is 1.55 bits per heavy atom. The number of pyridine rings is 1. The summed E-state index contributed by atoms with van der Waals surface area (Å²) >= 11 is 0. The third-order valence-electron chi connectivity index (χ3n) is 3.15. The molecule has 0 aliphatic carbocycles. The van der Waals surface area contributed by atoms with E-state index in [4.69, 9.17) is 0 Å². The number of likely N-dealkylation sites (tertiary alicyclic amines) is 1. The molecule has 1 aromatic rings. The van der Waals surface area contributed by atoms with Gasteiger partial charge >= 0.3 is 0 Å². The molecule has 2 rings (SSSR count). The van der Waals surface area contributed by atoms with Gasteiger partial charge in [-0.25, -0.2) is 0 Å². The van der Waals surface area contributed by atoms with Gasteiger partial charge < -0.3 is 15.3 Å². The number of rotatable bonds is 4. The molecule has 0 unspecified atom stereocenters. The second-order valence-corrected chi connectivity index (χ2v) is 4.70. The highest BCUT2D eigenvalue weighted by Gasteiger charge is 2.22. The highest BCUT2D eigenvalue weighted by molar-refractivity contribution is 14.0. The summed E-state index contributed by atoms with van der Waals surface area (Å²) in [6, 6.07) is 5.93. The fraction of sp³-hybridized carbons (Fsp3) is 0.571. The predicted octanol–water partition coefficient (Wildman–Crippen LogP) is 1.27. The maximum atomic E-state index is 9.59. The quantitative estimate of drug-likeness (QED) is 0.462. The Kier molecular flexibility index (Phi) is 7.83. The smallest absolute Gasteiger partial charge is 0.194 e. The molecule has 1 atom stereocenters. The number of halogens is 1. The summed E-state index contributed by atoms with van der Waals surface area (Å²) in [5.41, 5.74) is 1.06. The number of nitrogens with zero attached hydrogens (tertiary/aromatic N) is 3. The Morgan fingerprint density at radius 2 is 2.40 bits per heavy atom. The molecule has 0 spiro atoms. The van der Waals surface area contributed by atoms with E-state index in [-0.39, 0.29) is 30.1 Å². The van der Waals surface area contributed by atoms with Crippen molar-refractivity contribution in [1.29, 1.82) is 0 Å². The third kappa shape index (κ3) is 5.24. The molecule has 1 fully saturated rings. The fourth-order valence-electron chi connectivity index (χ4n) is 2.18. The van der Waals surface area contributed by atoms with Crippen molar-refractivity contribution in [2.75, 3.05) is 26.2 Å². The molecule has 2 N–H and O–H groups in total. The molecule has 0 amide bonds. The first-order valence-electron chi connectivity index (χ1n) is 6.91. The summed E-state index contributed by atoms with van der Waals surface area (Å²) in [6.07, 6.45) is 3.25. The van der Waals surface area contributed by atoms with E-state index in [2.05, 4.69) is 27.1 Å². The van der Waals surface area contributed by atoms with Gasteiger partial charge in [0.1, 0.15) is 0 Å². The van der Waals surface area contributed by atoms with Crippen LogP contribution in [-0.4, -0.2) is 53.2 Å². The Bertz CT molecular complexity index is 413. The standard InChI is InChI=1S/C14H22N4O.HI/c1-2-15-14(18-10-7-13(19)11-18)17-9-6-12-5-3-4-8-16-12;/h3-5,8,13,19H,2,6-7,9-11H2,1H3,(H,15,17);1H/t13-;/m1./s1. The van der Waals surface area contributed by atoms with Crippen LogP contribution >= 0.6 is 24.0 Å². The Morgan fingerprint density at radius 3 is 3.00 bits per heavy atom. The van der Waals surface area contributed by atoms with Crippen LogP contribution in [0.5, 0.6) is 0 Å². The summed E-state index contributed by atoms with van der Waals surface area (Å²) in [7, 11) is 0. The van der Waals surface area contributed by atoms with E-state index in [1.54, 1.807) is 6.20 Å². The summed E-state index contributed by atoms with van der Waals surface area (Å²) in [6.45, 7) is 5.16. The van der Waals surface area contributed by atoms with Crippen LogP contribution in [0, 0.1) is 0 Å². The Hall–Kier alpha value is -0.890. The minimum Gasteiger partial charge on any atom is -0.391 e. The van der Waals surface area contributed by atoms with Crippen molar-refractivity contribution < 1.29 is 5.11 Å². The van der Waals surface area contributed by atoms with E-state index in [0.717, 1.165) is 37.6 Å². The predicted molar refractivity (Wildman–Crippen MR) is 91.5 cm³/mol. The van der Waals surface area contributed by atoms with E-state index >= 15 is 0 Å². The van der Waals surface area contributed by atoms with Gasteiger partial charge in [-0.05, 0) is 25.5 Å². The van der Waals surface area contributed by atoms with Gasteiger partial charge in [0.15, 0.2) is 5.96 Å². The van der Waals surface area contributed by atoms with E-state index in [1.165, 1.54) is 0 Å². The van der Waals surface area contributed by atoms with Crippen molar-refractivity contribution in [1.82, 2.24) is 15.2 Å². The van der Waals surface area contributed by atoms with E-state index in [9.17, 15) is 5.11 Å². The maximum Gasteiger partial charge on any atom is 0.194 e. The van der Waals surface area contributed by atoms with Gasteiger partial charge in [-0.3, -0.25) is 9.98 Å². The van der Waals surface area contributed by atoms with Gasteiger partial charge in [-0.1, -0.05) is 6.07 Å². The fourth-order valence-corrected chi connectivity index (χ4v) is 2.18. The highest BCUT2D eigenvalue weighted by Crippen LogP contribution is 2.08. The molecular weight excluding hydrogens is 367 g/mol. The van der Waals surface area contributed by atoms with Crippen LogP contribution in [0.15, 0.2) is 29.4 Å². The second kappa shape index (κ2) is 9.12. The molecule has 5 nitrogen and oxygen atoms in total. The minimum absolute atomic E-state index is 0. The molecule has 1 aliphatic rings. The number of β-amino-alcohol motifs (C(OH)–C–C–N with tert-alkyl or cyclic N) is 1. The number of aliphatic hydroxyl groups is 1. The molecule has 1 aromatic heterocycles. The van der Waals surface area contributed by atoms with Crippen LogP contribution in [0.1, 0.15) is 19.0 Å². The van der Waals surface area contributed by atoms with Gasteiger partial charge in [-0.15, -0.1) is 24.0 Å². The SMILES string of the molecule is CCNC(=NCCc1ccccn1)N1CC[C@@H](O)C1.I. The largest absolute Gasteiger partial charge is 0.391 e. The van der Waals surface area contributed by atoms with E-state index < -0.39 is 0 Å². The minimum atomic E-state index is -0.223. The first-order chi connectivity index (χ1) is 9.29. The van der Waals surface area contributed by atoms with Crippen molar-refractivity contribution in [2.24, 2.45) is 4.99 Å². The molecule has 0 bridgehead atoms. The summed E-state index contributed by atoms with van der Waals surface area (Å²) in [5, 5.41) is 12.9. The average molecular weight is 390 g/mol. The van der Waals surface area contributed by atoms with Crippen LogP contribution in [0.25, 0.3) is 0 Å². The van der Waals surface area contributed by atoms with Crippen LogP contribution in [0.2, 0.25) is 0 Å². The Labute approximate surface area is 137 Å². The summed E-state index contributed by atoms with van der Waals surface area (Å²) < 4.78 is 0. The number of aliphatic hydroxyl groups excluding tert-OH is 1. The number of nitrogens with one attached hydrogen (secondary N) is 1. The molecule has 0 radical (unpaired) electrons. The lowest BCUT2D eigenvalue weighted by molar-refractivity contribution is 0.188. The zero-order valence-electron chi connectivity index (χ0n) is 11.8. The number of aromatic nitrogens is 1. The van der Waals surface area contributed by atoms with Gasteiger partial charge in [-0.2, -0.15) is 0 Å². The van der Waals surface area contributed by atoms with E-state index in [1.807, 2.05) is 18.2 Å². The zero-order chi connectivity index (χ0) is 13.5. The maximum absolute atomic E-state index is 9.59. The topological polar surface area (TPSA) is 60.8 Å². The monoisotopic (exact) mass is 390 g/mol. The third-order valence-corrected chi connectivity index (χ3v) is 3.15. The molecule has 1 aliphatic heterocycles. The first kappa shape index (κ1) is 17.2. The number of guanidine groups is 1. The molecule has 20 heavy (non-hydrogen) atoms. The van der Waals surface area contributed by atoms with Crippen LogP contribution in [0.4, 0.5) is 0 Å². The van der Waals surface area contributed by atoms with Crippen molar-refractivity contribution in [3.63, 3.8) is 0 Å². The molecular formula is C14H23IN4O. The van der Waals surface area contributed by atoms with Gasteiger partial charge in [0, 0.05) is 44.5 Å². The second-order valence-electron chi connectivity index (χ2n) is 4.70. The van der Waals surface area contributed by atoms with Gasteiger partial charge in [0.05, 0.1) is 6.10 Å². The lowest BCUT2D eigenvalue weighted by Gasteiger charge is -2.20. The van der Waals surface area contributed by atoms with E-state index in [0.29, 0.717) is 13.1 Å². The normalized spacial score (nSPS) is 18.8. The number of aliphatic imine (C=N–C) groups is 1. The number of hydrogen-bond acceptors (Lipinski definition) is 3. The van der Waals surface area contributed by atoms with Crippen LogP contribution < -0.4 is 5.32 Å². The van der Waals surface area contributed by atoms with Crippen LogP contribution in [0.3, 0.4) is 0 Å². The lowest BCUT2D eigenvalue weighted by atomic mass is 10.3. The molecule has 112 valence electrons. The Balaban J connectivity index is 0.00000200. The summed E-state index contributed by atoms with van der Waals surface area (Å²) in [4.78, 5) is 11.0. The molecule has 1 saturated heterocycles. The zero-order valence-corrected chi connectivity index (χ0v) is 14.2. The molecule has 6 heteroatoms. The van der Waals surface area contributed by atoms with Gasteiger partial charge in [0.2, 0.25) is 0 Å². The molecule has 0 aromatic carbocycles. The lowest BCUT2D eigenvalue weighted by Crippen LogP contribution is -2.40.